The lowest BCUT2D eigenvalue weighted by Gasteiger charge is -2.37. The van der Waals surface area contributed by atoms with Gasteiger partial charge >= 0.3 is 0 Å². The molecular weight excluding hydrogens is 184 g/mol. The molecule has 0 spiro atoms. The number of hydrogen-bond donors (Lipinski definition) is 1. The van der Waals surface area contributed by atoms with Crippen LogP contribution in [0.3, 0.4) is 0 Å². The summed E-state index contributed by atoms with van der Waals surface area (Å²) in [6, 6.07) is 1.70. The van der Waals surface area contributed by atoms with Gasteiger partial charge in [0.25, 0.3) is 0 Å². The van der Waals surface area contributed by atoms with E-state index < -0.39 is 0 Å². The maximum absolute atomic E-state index is 3.48. The van der Waals surface area contributed by atoms with Gasteiger partial charge in [-0.1, -0.05) is 6.92 Å². The van der Waals surface area contributed by atoms with Gasteiger partial charge in [0.05, 0.1) is 0 Å². The molecule has 2 fully saturated rings. The Morgan fingerprint density at radius 3 is 2.67 bits per heavy atom. The summed E-state index contributed by atoms with van der Waals surface area (Å²) in [7, 11) is 0. The van der Waals surface area contributed by atoms with E-state index in [1.807, 2.05) is 0 Å². The van der Waals surface area contributed by atoms with Crippen LogP contribution in [-0.2, 0) is 0 Å². The van der Waals surface area contributed by atoms with Crippen molar-refractivity contribution in [1.29, 1.82) is 0 Å². The average Bonchev–Trinajstić information content (AvgIpc) is 2.78. The summed E-state index contributed by atoms with van der Waals surface area (Å²) in [5.41, 5.74) is 0. The fourth-order valence-electron chi connectivity index (χ4n) is 3.33. The third-order valence-electron chi connectivity index (χ3n) is 4.43. The van der Waals surface area contributed by atoms with Gasteiger partial charge in [0.2, 0.25) is 0 Å². The number of nitrogens with zero attached hydrogens (tertiary/aromatic N) is 1. The zero-order valence-electron chi connectivity index (χ0n) is 10.3. The molecule has 0 amide bonds. The molecule has 2 atom stereocenters. The maximum atomic E-state index is 3.48. The highest BCUT2D eigenvalue weighted by Gasteiger charge is 2.33. The van der Waals surface area contributed by atoms with Crippen LogP contribution in [0.4, 0.5) is 0 Å². The van der Waals surface area contributed by atoms with E-state index >= 15 is 0 Å². The molecule has 2 saturated heterocycles. The van der Waals surface area contributed by atoms with Gasteiger partial charge in [-0.15, -0.1) is 0 Å². The van der Waals surface area contributed by atoms with E-state index in [4.69, 9.17) is 0 Å². The normalized spacial score (nSPS) is 32.0. The molecule has 88 valence electrons. The number of hydrogen-bond acceptors (Lipinski definition) is 2. The Bertz CT molecular complexity index is 187. The Kier molecular flexibility index (Phi) is 4.04. The fraction of sp³-hybridized carbons (Fsp3) is 1.00. The van der Waals surface area contributed by atoms with Crippen LogP contribution in [0.15, 0.2) is 0 Å². The molecule has 0 aromatic rings. The molecule has 2 heteroatoms. The van der Waals surface area contributed by atoms with E-state index in [9.17, 15) is 0 Å². The predicted molar refractivity (Wildman–Crippen MR) is 65.1 cm³/mol. The highest BCUT2D eigenvalue weighted by atomic mass is 15.2. The molecule has 2 nitrogen and oxygen atoms in total. The Balaban J connectivity index is 1.93. The second-order valence-corrected chi connectivity index (χ2v) is 5.29. The largest absolute Gasteiger partial charge is 0.317 e. The van der Waals surface area contributed by atoms with Crippen LogP contribution in [0.25, 0.3) is 0 Å². The van der Waals surface area contributed by atoms with Crippen molar-refractivity contribution in [3.05, 3.63) is 0 Å². The lowest BCUT2D eigenvalue weighted by atomic mass is 9.88. The molecule has 2 heterocycles. The average molecular weight is 210 g/mol. The third-order valence-corrected chi connectivity index (χ3v) is 4.43. The van der Waals surface area contributed by atoms with Crippen molar-refractivity contribution < 1.29 is 0 Å². The summed E-state index contributed by atoms with van der Waals surface area (Å²) in [4.78, 5) is 2.79. The molecule has 0 aliphatic carbocycles. The monoisotopic (exact) mass is 210 g/mol. The van der Waals surface area contributed by atoms with Crippen molar-refractivity contribution in [1.82, 2.24) is 10.2 Å². The van der Waals surface area contributed by atoms with Crippen LogP contribution in [0.1, 0.15) is 46.0 Å². The highest BCUT2D eigenvalue weighted by Crippen LogP contribution is 2.31. The molecule has 0 saturated carbocycles. The van der Waals surface area contributed by atoms with Crippen molar-refractivity contribution in [2.24, 2.45) is 5.92 Å². The minimum Gasteiger partial charge on any atom is -0.317 e. The van der Waals surface area contributed by atoms with E-state index in [1.165, 1.54) is 51.7 Å². The summed E-state index contributed by atoms with van der Waals surface area (Å²) in [5.74, 6) is 0.975. The van der Waals surface area contributed by atoms with E-state index in [2.05, 4.69) is 24.1 Å². The topological polar surface area (TPSA) is 15.3 Å². The fourth-order valence-corrected chi connectivity index (χ4v) is 3.33. The summed E-state index contributed by atoms with van der Waals surface area (Å²) >= 11 is 0. The van der Waals surface area contributed by atoms with Crippen LogP contribution >= 0.6 is 0 Å². The standard InChI is InChI=1S/C13H26N2/c1-3-11(2)15-10-4-5-13(15)12-6-8-14-9-7-12/h11-14H,3-10H2,1-2H3. The van der Waals surface area contributed by atoms with Crippen molar-refractivity contribution in [3.63, 3.8) is 0 Å². The van der Waals surface area contributed by atoms with Crippen molar-refractivity contribution in [2.45, 2.75) is 58.0 Å². The highest BCUT2D eigenvalue weighted by molar-refractivity contribution is 4.89. The van der Waals surface area contributed by atoms with Gasteiger partial charge in [0.1, 0.15) is 0 Å². The Labute approximate surface area is 94.4 Å². The van der Waals surface area contributed by atoms with Crippen LogP contribution in [0.5, 0.6) is 0 Å². The molecule has 15 heavy (non-hydrogen) atoms. The molecule has 0 radical (unpaired) electrons. The van der Waals surface area contributed by atoms with Gasteiger partial charge in [-0.3, -0.25) is 4.90 Å². The van der Waals surface area contributed by atoms with Gasteiger partial charge in [0, 0.05) is 12.1 Å². The smallest absolute Gasteiger partial charge is 0.0128 e. The number of likely N-dealkylation sites (tertiary alicyclic amines) is 1. The molecule has 0 bridgehead atoms. The first-order valence-electron chi connectivity index (χ1n) is 6.79. The SMILES string of the molecule is CCC(C)N1CCCC1C1CCNCC1. The summed E-state index contributed by atoms with van der Waals surface area (Å²) in [6.45, 7) is 8.57. The van der Waals surface area contributed by atoms with Crippen molar-refractivity contribution in [3.8, 4) is 0 Å². The molecule has 2 aliphatic heterocycles. The molecule has 2 unspecified atom stereocenters. The van der Waals surface area contributed by atoms with E-state index in [0.29, 0.717) is 0 Å². The zero-order chi connectivity index (χ0) is 10.7. The van der Waals surface area contributed by atoms with Gasteiger partial charge in [-0.05, 0) is 64.6 Å². The third kappa shape index (κ3) is 2.54. The first-order chi connectivity index (χ1) is 7.33. The molecule has 1 N–H and O–H groups in total. The van der Waals surface area contributed by atoms with E-state index in [1.54, 1.807) is 0 Å². The zero-order valence-corrected chi connectivity index (χ0v) is 10.3. The molecule has 0 aromatic carbocycles. The molecule has 2 aliphatic rings. The molecule has 2 rings (SSSR count). The summed E-state index contributed by atoms with van der Waals surface area (Å²) in [5, 5.41) is 3.48. The van der Waals surface area contributed by atoms with Gasteiger partial charge in [-0.25, -0.2) is 0 Å². The summed E-state index contributed by atoms with van der Waals surface area (Å²) in [6.07, 6.45) is 6.99. The van der Waals surface area contributed by atoms with E-state index in [0.717, 1.165) is 18.0 Å². The second kappa shape index (κ2) is 5.31. The Morgan fingerprint density at radius 1 is 1.27 bits per heavy atom. The minimum atomic E-state index is 0.799. The quantitative estimate of drug-likeness (QED) is 0.768. The lowest BCUT2D eigenvalue weighted by molar-refractivity contribution is 0.122. The van der Waals surface area contributed by atoms with E-state index in [-0.39, 0.29) is 0 Å². The van der Waals surface area contributed by atoms with Gasteiger partial charge in [0.15, 0.2) is 0 Å². The Morgan fingerprint density at radius 2 is 2.00 bits per heavy atom. The first kappa shape index (κ1) is 11.4. The number of piperidine rings is 1. The molecular formula is C13H26N2. The molecule has 0 aromatic heterocycles. The lowest BCUT2D eigenvalue weighted by Crippen LogP contribution is -2.44. The van der Waals surface area contributed by atoms with Crippen LogP contribution in [-0.4, -0.2) is 36.6 Å². The first-order valence-corrected chi connectivity index (χ1v) is 6.79. The number of nitrogens with one attached hydrogen (secondary N) is 1. The minimum absolute atomic E-state index is 0.799. The number of rotatable bonds is 3. The maximum Gasteiger partial charge on any atom is 0.0128 e. The summed E-state index contributed by atoms with van der Waals surface area (Å²) < 4.78 is 0. The van der Waals surface area contributed by atoms with Crippen molar-refractivity contribution >= 4 is 0 Å². The predicted octanol–water partition coefficient (Wildman–Crippen LogP) is 2.25. The van der Waals surface area contributed by atoms with Gasteiger partial charge in [-0.2, -0.15) is 0 Å². The van der Waals surface area contributed by atoms with Crippen molar-refractivity contribution in [2.75, 3.05) is 19.6 Å². The van der Waals surface area contributed by atoms with Crippen LogP contribution in [0, 0.1) is 5.92 Å². The second-order valence-electron chi connectivity index (χ2n) is 5.29. The Hall–Kier alpha value is -0.0800. The van der Waals surface area contributed by atoms with Crippen LogP contribution in [0.2, 0.25) is 0 Å². The van der Waals surface area contributed by atoms with Crippen LogP contribution < -0.4 is 5.32 Å². The van der Waals surface area contributed by atoms with Gasteiger partial charge < -0.3 is 5.32 Å².